The molecule has 0 bridgehead atoms. The lowest BCUT2D eigenvalue weighted by Crippen LogP contribution is -2.23. The average Bonchev–Trinajstić information content (AvgIpc) is 2.72. The zero-order valence-electron chi connectivity index (χ0n) is 12.6. The van der Waals surface area contributed by atoms with E-state index in [1.54, 1.807) is 13.8 Å². The highest BCUT2D eigenvalue weighted by atomic mass is 16.5. The van der Waals surface area contributed by atoms with E-state index in [0.29, 0.717) is 37.1 Å². The van der Waals surface area contributed by atoms with Crippen LogP contribution in [0.15, 0.2) is 22.6 Å². The molecule has 0 aliphatic carbocycles. The van der Waals surface area contributed by atoms with Gasteiger partial charge in [-0.1, -0.05) is 12.1 Å². The van der Waals surface area contributed by atoms with Crippen LogP contribution < -0.4 is 14.8 Å². The average molecular weight is 302 g/mol. The summed E-state index contributed by atoms with van der Waals surface area (Å²) in [5.74, 6) is 1.86. The summed E-state index contributed by atoms with van der Waals surface area (Å²) >= 11 is 0. The van der Waals surface area contributed by atoms with Gasteiger partial charge in [0.15, 0.2) is 17.4 Å². The lowest BCUT2D eigenvalue weighted by atomic mass is 10.2. The van der Waals surface area contributed by atoms with Gasteiger partial charge < -0.3 is 19.2 Å². The second-order valence-corrected chi connectivity index (χ2v) is 5.12. The van der Waals surface area contributed by atoms with Gasteiger partial charge in [-0.2, -0.15) is 0 Å². The molecule has 2 aromatic rings. The molecular weight excluding hydrogens is 284 g/mol. The van der Waals surface area contributed by atoms with Gasteiger partial charge in [0.25, 0.3) is 5.91 Å². The highest BCUT2D eigenvalue weighted by molar-refractivity contribution is 5.92. The minimum absolute atomic E-state index is 0.247. The van der Waals surface area contributed by atoms with Crippen molar-refractivity contribution in [2.75, 3.05) is 13.2 Å². The van der Waals surface area contributed by atoms with Gasteiger partial charge in [0.2, 0.25) is 5.76 Å². The van der Waals surface area contributed by atoms with Crippen LogP contribution in [0.25, 0.3) is 0 Å². The largest absolute Gasteiger partial charge is 0.490 e. The molecule has 0 saturated heterocycles. The van der Waals surface area contributed by atoms with E-state index in [0.717, 1.165) is 17.7 Å². The summed E-state index contributed by atoms with van der Waals surface area (Å²) < 4.78 is 16.7. The summed E-state index contributed by atoms with van der Waals surface area (Å²) in [6.45, 7) is 5.05. The number of carbonyl (C=O) groups is 1. The van der Waals surface area contributed by atoms with Crippen LogP contribution in [0, 0.1) is 13.8 Å². The number of para-hydroxylation sites is 1. The second kappa shape index (κ2) is 6.09. The smallest absolute Gasteiger partial charge is 0.289 e. The zero-order chi connectivity index (χ0) is 15.5. The number of fused-ring (bicyclic) bond motifs is 1. The Labute approximate surface area is 128 Å². The lowest BCUT2D eigenvalue weighted by molar-refractivity contribution is 0.0920. The van der Waals surface area contributed by atoms with Crippen LogP contribution in [0.3, 0.4) is 0 Å². The van der Waals surface area contributed by atoms with Crippen LogP contribution in [0.5, 0.6) is 11.5 Å². The third-order valence-electron chi connectivity index (χ3n) is 3.40. The number of hydrogen-bond donors (Lipinski definition) is 1. The van der Waals surface area contributed by atoms with Crippen molar-refractivity contribution in [3.63, 3.8) is 0 Å². The minimum Gasteiger partial charge on any atom is -0.490 e. The molecule has 3 rings (SSSR count). The summed E-state index contributed by atoms with van der Waals surface area (Å²) in [5.41, 5.74) is 1.46. The summed E-state index contributed by atoms with van der Waals surface area (Å²) in [6.07, 6.45) is 0.844. The molecule has 1 amide bonds. The number of benzene rings is 1. The number of nitrogens with one attached hydrogen (secondary N) is 1. The Hall–Kier alpha value is -2.50. The van der Waals surface area contributed by atoms with Crippen LogP contribution in [-0.4, -0.2) is 24.1 Å². The quantitative estimate of drug-likeness (QED) is 0.942. The van der Waals surface area contributed by atoms with Gasteiger partial charge in [0, 0.05) is 25.5 Å². The SMILES string of the molecule is Cc1nc(C)c(C(=O)NCc2cccc3c2OCCCO3)o1. The normalized spacial score (nSPS) is 13.5. The van der Waals surface area contributed by atoms with E-state index in [-0.39, 0.29) is 11.7 Å². The number of aromatic nitrogens is 1. The van der Waals surface area contributed by atoms with E-state index in [1.807, 2.05) is 18.2 Å². The molecule has 116 valence electrons. The summed E-state index contributed by atoms with van der Waals surface area (Å²) in [7, 11) is 0. The van der Waals surface area contributed by atoms with Crippen LogP contribution in [0.2, 0.25) is 0 Å². The highest BCUT2D eigenvalue weighted by Gasteiger charge is 2.18. The van der Waals surface area contributed by atoms with E-state index in [4.69, 9.17) is 13.9 Å². The third-order valence-corrected chi connectivity index (χ3v) is 3.40. The zero-order valence-corrected chi connectivity index (χ0v) is 12.6. The van der Waals surface area contributed by atoms with Gasteiger partial charge >= 0.3 is 0 Å². The number of amides is 1. The minimum atomic E-state index is -0.287. The predicted molar refractivity (Wildman–Crippen MR) is 79.2 cm³/mol. The first-order valence-corrected chi connectivity index (χ1v) is 7.25. The number of ether oxygens (including phenoxy) is 2. The monoisotopic (exact) mass is 302 g/mol. The Morgan fingerprint density at radius 1 is 1.27 bits per heavy atom. The van der Waals surface area contributed by atoms with Crippen molar-refractivity contribution >= 4 is 5.91 Å². The number of oxazole rings is 1. The van der Waals surface area contributed by atoms with E-state index >= 15 is 0 Å². The Balaban J connectivity index is 1.74. The number of nitrogens with zero attached hydrogens (tertiary/aromatic N) is 1. The van der Waals surface area contributed by atoms with Crippen molar-refractivity contribution in [2.45, 2.75) is 26.8 Å². The first-order valence-electron chi connectivity index (χ1n) is 7.25. The summed E-state index contributed by atoms with van der Waals surface area (Å²) in [5, 5.41) is 2.83. The van der Waals surface area contributed by atoms with Crippen LogP contribution >= 0.6 is 0 Å². The van der Waals surface area contributed by atoms with Crippen molar-refractivity contribution in [3.8, 4) is 11.5 Å². The molecule has 0 atom stereocenters. The van der Waals surface area contributed by atoms with Crippen LogP contribution in [-0.2, 0) is 6.54 Å². The fourth-order valence-electron chi connectivity index (χ4n) is 2.39. The van der Waals surface area contributed by atoms with Gasteiger partial charge in [0.1, 0.15) is 0 Å². The number of hydrogen-bond acceptors (Lipinski definition) is 5. The Kier molecular flexibility index (Phi) is 4.00. The maximum atomic E-state index is 12.2. The molecular formula is C16H18N2O4. The van der Waals surface area contributed by atoms with Crippen molar-refractivity contribution < 1.29 is 18.7 Å². The fraction of sp³-hybridized carbons (Fsp3) is 0.375. The van der Waals surface area contributed by atoms with Crippen LogP contribution in [0.1, 0.15) is 34.1 Å². The van der Waals surface area contributed by atoms with E-state index in [1.165, 1.54) is 0 Å². The summed E-state index contributed by atoms with van der Waals surface area (Å²) in [6, 6.07) is 5.67. The molecule has 1 aromatic heterocycles. The standard InChI is InChI=1S/C16H18N2O4/c1-10-14(22-11(2)18-10)16(19)17-9-12-5-3-6-13-15(12)21-8-4-7-20-13/h3,5-6H,4,7-9H2,1-2H3,(H,17,19). The molecule has 1 aliphatic heterocycles. The molecule has 0 radical (unpaired) electrons. The predicted octanol–water partition coefficient (Wildman–Crippen LogP) is 2.38. The molecule has 0 fully saturated rings. The highest BCUT2D eigenvalue weighted by Crippen LogP contribution is 2.33. The van der Waals surface area contributed by atoms with Gasteiger partial charge in [0.05, 0.1) is 18.9 Å². The lowest BCUT2D eigenvalue weighted by Gasteiger charge is -2.12. The van der Waals surface area contributed by atoms with Gasteiger partial charge in [-0.15, -0.1) is 0 Å². The Morgan fingerprint density at radius 3 is 2.86 bits per heavy atom. The topological polar surface area (TPSA) is 73.6 Å². The van der Waals surface area contributed by atoms with Crippen LogP contribution in [0.4, 0.5) is 0 Å². The van der Waals surface area contributed by atoms with Gasteiger partial charge in [-0.3, -0.25) is 4.79 Å². The first-order chi connectivity index (χ1) is 10.6. The maximum absolute atomic E-state index is 12.2. The van der Waals surface area contributed by atoms with Crippen molar-refractivity contribution in [3.05, 3.63) is 41.1 Å². The first kappa shape index (κ1) is 14.4. The third kappa shape index (κ3) is 2.90. The van der Waals surface area contributed by atoms with Gasteiger partial charge in [-0.05, 0) is 13.0 Å². The molecule has 2 heterocycles. The molecule has 1 N–H and O–H groups in total. The van der Waals surface area contributed by atoms with E-state index in [2.05, 4.69) is 10.3 Å². The molecule has 6 heteroatoms. The Morgan fingerprint density at radius 2 is 2.09 bits per heavy atom. The van der Waals surface area contributed by atoms with E-state index in [9.17, 15) is 4.79 Å². The molecule has 0 spiro atoms. The maximum Gasteiger partial charge on any atom is 0.289 e. The Bertz CT molecular complexity index is 693. The molecule has 0 unspecified atom stereocenters. The number of carbonyl (C=O) groups excluding carboxylic acids is 1. The molecule has 1 aromatic carbocycles. The molecule has 22 heavy (non-hydrogen) atoms. The van der Waals surface area contributed by atoms with E-state index < -0.39 is 0 Å². The second-order valence-electron chi connectivity index (χ2n) is 5.12. The fourth-order valence-corrected chi connectivity index (χ4v) is 2.39. The van der Waals surface area contributed by atoms with Crippen molar-refractivity contribution in [1.82, 2.24) is 10.3 Å². The number of aryl methyl sites for hydroxylation is 2. The van der Waals surface area contributed by atoms with Gasteiger partial charge in [-0.25, -0.2) is 4.98 Å². The number of rotatable bonds is 3. The molecule has 0 saturated carbocycles. The molecule has 6 nitrogen and oxygen atoms in total. The summed E-state index contributed by atoms with van der Waals surface area (Å²) in [4.78, 5) is 16.3. The van der Waals surface area contributed by atoms with Crippen molar-refractivity contribution in [2.24, 2.45) is 0 Å². The van der Waals surface area contributed by atoms with Crippen molar-refractivity contribution in [1.29, 1.82) is 0 Å². The molecule has 1 aliphatic rings.